The fourth-order valence-corrected chi connectivity index (χ4v) is 1.97. The summed E-state index contributed by atoms with van der Waals surface area (Å²) in [6, 6.07) is -1.13. The molecule has 1 heterocycles. The number of aliphatic carboxylic acids is 1. The zero-order valence-corrected chi connectivity index (χ0v) is 12.5. The van der Waals surface area contributed by atoms with Gasteiger partial charge in [0.05, 0.1) is 6.10 Å². The highest BCUT2D eigenvalue weighted by molar-refractivity contribution is 5.86. The fourth-order valence-electron chi connectivity index (χ4n) is 1.97. The van der Waals surface area contributed by atoms with E-state index in [2.05, 4.69) is 16.0 Å². The molecular weight excluding hydrogens is 278 g/mol. The normalized spacial score (nSPS) is 22.7. The highest BCUT2D eigenvalue weighted by atomic mass is 16.5. The summed E-state index contributed by atoms with van der Waals surface area (Å²) in [6.45, 7) is 5.47. The molecule has 3 atom stereocenters. The number of carboxylic acids is 1. The van der Waals surface area contributed by atoms with Crippen molar-refractivity contribution in [1.29, 1.82) is 0 Å². The van der Waals surface area contributed by atoms with Gasteiger partial charge in [-0.2, -0.15) is 0 Å². The number of hydrogen-bond donors (Lipinski definition) is 4. The van der Waals surface area contributed by atoms with Crippen molar-refractivity contribution < 1.29 is 24.2 Å². The molecular formula is C13H23N3O5. The first-order valence-electron chi connectivity index (χ1n) is 7.02. The summed E-state index contributed by atoms with van der Waals surface area (Å²) in [6.07, 6.45) is -0.0795. The minimum atomic E-state index is -0.985. The average Bonchev–Trinajstić information content (AvgIpc) is 2.84. The van der Waals surface area contributed by atoms with E-state index in [1.807, 2.05) is 13.8 Å². The third kappa shape index (κ3) is 5.99. The molecule has 0 saturated carbocycles. The summed E-state index contributed by atoms with van der Waals surface area (Å²) in [5, 5.41) is 16.6. The Balaban J connectivity index is 2.25. The third-order valence-electron chi connectivity index (χ3n) is 3.05. The van der Waals surface area contributed by atoms with Gasteiger partial charge in [-0.15, -0.1) is 0 Å². The zero-order chi connectivity index (χ0) is 16.0. The van der Waals surface area contributed by atoms with Crippen molar-refractivity contribution in [3.63, 3.8) is 0 Å². The van der Waals surface area contributed by atoms with Crippen molar-refractivity contribution in [3.8, 4) is 0 Å². The number of carbonyl (C=O) groups is 3. The van der Waals surface area contributed by atoms with Crippen molar-refractivity contribution in [3.05, 3.63) is 0 Å². The van der Waals surface area contributed by atoms with Crippen LogP contribution >= 0.6 is 0 Å². The molecule has 3 unspecified atom stereocenters. The summed E-state index contributed by atoms with van der Waals surface area (Å²) >= 11 is 0. The number of ether oxygens (including phenoxy) is 1. The van der Waals surface area contributed by atoms with Gasteiger partial charge in [-0.3, -0.25) is 4.79 Å². The molecule has 0 spiro atoms. The highest BCUT2D eigenvalue weighted by Crippen LogP contribution is 2.19. The number of urea groups is 1. The van der Waals surface area contributed by atoms with Crippen LogP contribution in [0.25, 0.3) is 0 Å². The first-order chi connectivity index (χ1) is 9.79. The number of nitrogens with one attached hydrogen (secondary N) is 3. The lowest BCUT2D eigenvalue weighted by atomic mass is 10.2. The van der Waals surface area contributed by atoms with E-state index in [9.17, 15) is 14.4 Å². The molecule has 1 rings (SSSR count). The second-order valence-corrected chi connectivity index (χ2v) is 5.40. The summed E-state index contributed by atoms with van der Waals surface area (Å²) in [5.41, 5.74) is 0. The van der Waals surface area contributed by atoms with Crippen molar-refractivity contribution in [2.45, 2.75) is 57.9 Å². The standard InChI is InChI=1S/C13H23N3O5/c1-7(2)15-11(17)8(3)16-13(20)14-6-9-4-5-10(21-9)12(18)19/h7-10H,4-6H2,1-3H3,(H,15,17)(H,18,19)(H2,14,16,20). The minimum absolute atomic E-state index is 0.00431. The van der Waals surface area contributed by atoms with Gasteiger partial charge in [-0.25, -0.2) is 9.59 Å². The van der Waals surface area contributed by atoms with Crippen LogP contribution in [0.15, 0.2) is 0 Å². The second kappa shape index (κ2) is 7.82. The van der Waals surface area contributed by atoms with Crippen molar-refractivity contribution in [2.75, 3.05) is 6.54 Å². The molecule has 120 valence electrons. The Morgan fingerprint density at radius 3 is 2.38 bits per heavy atom. The van der Waals surface area contributed by atoms with Gasteiger partial charge in [0.1, 0.15) is 6.04 Å². The summed E-state index contributed by atoms with van der Waals surface area (Å²) in [5.74, 6) is -1.25. The average molecular weight is 301 g/mol. The summed E-state index contributed by atoms with van der Waals surface area (Å²) in [7, 11) is 0. The minimum Gasteiger partial charge on any atom is -0.479 e. The molecule has 1 aliphatic rings. The molecule has 1 fully saturated rings. The predicted molar refractivity (Wildman–Crippen MR) is 74.8 cm³/mol. The first-order valence-corrected chi connectivity index (χ1v) is 7.02. The first kappa shape index (κ1) is 17.2. The topological polar surface area (TPSA) is 117 Å². The van der Waals surface area contributed by atoms with Gasteiger partial charge >= 0.3 is 12.0 Å². The number of hydrogen-bond acceptors (Lipinski definition) is 4. The van der Waals surface area contributed by atoms with Crippen LogP contribution in [-0.4, -0.2) is 53.9 Å². The smallest absolute Gasteiger partial charge is 0.332 e. The highest BCUT2D eigenvalue weighted by Gasteiger charge is 2.30. The lowest BCUT2D eigenvalue weighted by molar-refractivity contribution is -0.149. The summed E-state index contributed by atoms with van der Waals surface area (Å²) < 4.78 is 5.26. The maximum Gasteiger partial charge on any atom is 0.332 e. The Bertz CT molecular complexity index is 399. The Hall–Kier alpha value is -1.83. The van der Waals surface area contributed by atoms with Gasteiger partial charge in [-0.1, -0.05) is 0 Å². The molecule has 0 aromatic heterocycles. The van der Waals surface area contributed by atoms with Crippen LogP contribution in [0.4, 0.5) is 4.79 Å². The lowest BCUT2D eigenvalue weighted by Crippen LogP contribution is -2.50. The van der Waals surface area contributed by atoms with Crippen LogP contribution in [0, 0.1) is 0 Å². The molecule has 21 heavy (non-hydrogen) atoms. The zero-order valence-electron chi connectivity index (χ0n) is 12.5. The van der Waals surface area contributed by atoms with Gasteiger partial charge in [-0.05, 0) is 33.6 Å². The maximum absolute atomic E-state index is 11.6. The van der Waals surface area contributed by atoms with E-state index in [-0.39, 0.29) is 24.6 Å². The van der Waals surface area contributed by atoms with Gasteiger partial charge in [0.15, 0.2) is 6.10 Å². The monoisotopic (exact) mass is 301 g/mol. The molecule has 8 nitrogen and oxygen atoms in total. The molecule has 3 amide bonds. The fraction of sp³-hybridized carbons (Fsp3) is 0.769. The Kier molecular flexibility index (Phi) is 6.41. The molecule has 4 N–H and O–H groups in total. The van der Waals surface area contributed by atoms with E-state index in [1.165, 1.54) is 0 Å². The van der Waals surface area contributed by atoms with E-state index in [0.717, 1.165) is 0 Å². The number of carboxylic acid groups (broad SMARTS) is 1. The predicted octanol–water partition coefficient (Wildman–Crippen LogP) is -0.169. The van der Waals surface area contributed by atoms with Gasteiger partial charge < -0.3 is 25.8 Å². The number of rotatable bonds is 6. The van der Waals surface area contributed by atoms with E-state index < -0.39 is 24.1 Å². The SMILES string of the molecule is CC(C)NC(=O)C(C)NC(=O)NCC1CCC(C(=O)O)O1. The largest absolute Gasteiger partial charge is 0.479 e. The quantitative estimate of drug-likeness (QED) is 0.543. The van der Waals surface area contributed by atoms with Gasteiger partial charge in [0.2, 0.25) is 5.91 Å². The van der Waals surface area contributed by atoms with Crippen LogP contribution in [-0.2, 0) is 14.3 Å². The van der Waals surface area contributed by atoms with E-state index in [4.69, 9.17) is 9.84 Å². The van der Waals surface area contributed by atoms with Crippen molar-refractivity contribution >= 4 is 17.9 Å². The number of carbonyl (C=O) groups excluding carboxylic acids is 2. The molecule has 0 aromatic carbocycles. The lowest BCUT2D eigenvalue weighted by Gasteiger charge is -2.17. The van der Waals surface area contributed by atoms with Crippen LogP contribution in [0.3, 0.4) is 0 Å². The van der Waals surface area contributed by atoms with Gasteiger partial charge in [0.25, 0.3) is 0 Å². The Morgan fingerprint density at radius 1 is 1.19 bits per heavy atom. The molecule has 0 aromatic rings. The Labute approximate surface area is 123 Å². The van der Waals surface area contributed by atoms with Crippen LogP contribution < -0.4 is 16.0 Å². The second-order valence-electron chi connectivity index (χ2n) is 5.40. The molecule has 8 heteroatoms. The Morgan fingerprint density at radius 2 is 1.86 bits per heavy atom. The molecule has 0 radical (unpaired) electrons. The van der Waals surface area contributed by atoms with Crippen molar-refractivity contribution in [1.82, 2.24) is 16.0 Å². The van der Waals surface area contributed by atoms with Gasteiger partial charge in [0, 0.05) is 12.6 Å². The van der Waals surface area contributed by atoms with Crippen LogP contribution in [0.2, 0.25) is 0 Å². The summed E-state index contributed by atoms with van der Waals surface area (Å²) in [4.78, 5) is 34.0. The number of amides is 3. The molecule has 1 saturated heterocycles. The van der Waals surface area contributed by atoms with Crippen molar-refractivity contribution in [2.24, 2.45) is 0 Å². The molecule has 1 aliphatic heterocycles. The van der Waals surface area contributed by atoms with E-state index in [0.29, 0.717) is 12.8 Å². The molecule has 0 bridgehead atoms. The van der Waals surface area contributed by atoms with E-state index in [1.54, 1.807) is 6.92 Å². The van der Waals surface area contributed by atoms with Crippen LogP contribution in [0.5, 0.6) is 0 Å². The third-order valence-corrected chi connectivity index (χ3v) is 3.05. The maximum atomic E-state index is 11.6. The van der Waals surface area contributed by atoms with E-state index >= 15 is 0 Å². The molecule has 0 aliphatic carbocycles. The van der Waals surface area contributed by atoms with Crippen LogP contribution in [0.1, 0.15) is 33.6 Å².